The van der Waals surface area contributed by atoms with Crippen molar-refractivity contribution in [2.75, 3.05) is 6.61 Å². The average molecular weight is 352 g/mol. The highest BCUT2D eigenvalue weighted by Gasteiger charge is 2.30. The van der Waals surface area contributed by atoms with Gasteiger partial charge in [-0.1, -0.05) is 66.7 Å². The van der Waals surface area contributed by atoms with Crippen molar-refractivity contribution in [3.05, 3.63) is 77.9 Å². The molecule has 2 aromatic carbocycles. The van der Waals surface area contributed by atoms with E-state index in [0.29, 0.717) is 6.42 Å². The molecule has 2 rings (SSSR count). The molecule has 138 valence electrons. The molecule has 0 saturated carbocycles. The summed E-state index contributed by atoms with van der Waals surface area (Å²) in [6, 6.07) is 20.7. The molecule has 0 radical (unpaired) electrons. The Balaban J connectivity index is 1.98. The maximum Gasteiger partial charge on any atom is 0.337 e. The third-order valence-corrected chi connectivity index (χ3v) is 4.35. The second-order valence-corrected chi connectivity index (χ2v) is 6.59. The van der Waals surface area contributed by atoms with Gasteiger partial charge in [0.1, 0.15) is 0 Å². The van der Waals surface area contributed by atoms with Gasteiger partial charge >= 0.3 is 5.97 Å². The SMILES string of the molecule is CCOC(=O)C(C)(O)CCCCC=C(c1ccccc1)c1ccccc1. The van der Waals surface area contributed by atoms with Gasteiger partial charge in [-0.2, -0.15) is 0 Å². The fourth-order valence-electron chi connectivity index (χ4n) is 2.89. The Labute approximate surface area is 156 Å². The zero-order valence-corrected chi connectivity index (χ0v) is 15.7. The van der Waals surface area contributed by atoms with Crippen LogP contribution < -0.4 is 0 Å². The van der Waals surface area contributed by atoms with E-state index >= 15 is 0 Å². The van der Waals surface area contributed by atoms with Crippen molar-refractivity contribution in [3.63, 3.8) is 0 Å². The molecule has 0 aromatic heterocycles. The minimum absolute atomic E-state index is 0.287. The topological polar surface area (TPSA) is 46.5 Å². The number of hydrogen-bond donors (Lipinski definition) is 1. The Morgan fingerprint density at radius 1 is 1.00 bits per heavy atom. The summed E-state index contributed by atoms with van der Waals surface area (Å²) in [7, 11) is 0. The normalized spacial score (nSPS) is 12.9. The van der Waals surface area contributed by atoms with Crippen LogP contribution in [0.25, 0.3) is 5.57 Å². The van der Waals surface area contributed by atoms with Crippen molar-refractivity contribution >= 4 is 11.5 Å². The number of unbranched alkanes of at least 4 members (excludes halogenated alkanes) is 2. The molecule has 0 aliphatic heterocycles. The molecule has 26 heavy (non-hydrogen) atoms. The summed E-state index contributed by atoms with van der Waals surface area (Å²) in [5.41, 5.74) is 2.19. The lowest BCUT2D eigenvalue weighted by Gasteiger charge is -2.20. The number of allylic oxidation sites excluding steroid dienone is 1. The lowest BCUT2D eigenvalue weighted by Crippen LogP contribution is -2.36. The number of benzene rings is 2. The lowest BCUT2D eigenvalue weighted by molar-refractivity contribution is -0.163. The van der Waals surface area contributed by atoms with Gasteiger partial charge in [-0.3, -0.25) is 0 Å². The first-order valence-corrected chi connectivity index (χ1v) is 9.25. The number of hydrogen-bond acceptors (Lipinski definition) is 3. The molecule has 0 amide bonds. The van der Waals surface area contributed by atoms with E-state index in [0.717, 1.165) is 19.3 Å². The van der Waals surface area contributed by atoms with Crippen molar-refractivity contribution in [3.8, 4) is 0 Å². The van der Waals surface area contributed by atoms with Crippen LogP contribution in [0.2, 0.25) is 0 Å². The molecule has 0 saturated heterocycles. The van der Waals surface area contributed by atoms with Gasteiger partial charge in [-0.05, 0) is 56.2 Å². The summed E-state index contributed by atoms with van der Waals surface area (Å²) in [5, 5.41) is 10.2. The van der Waals surface area contributed by atoms with Gasteiger partial charge in [0.15, 0.2) is 5.60 Å². The van der Waals surface area contributed by atoms with E-state index in [2.05, 4.69) is 30.3 Å². The fourth-order valence-corrected chi connectivity index (χ4v) is 2.89. The van der Waals surface area contributed by atoms with Crippen LogP contribution >= 0.6 is 0 Å². The van der Waals surface area contributed by atoms with Crippen LogP contribution in [0, 0.1) is 0 Å². The lowest BCUT2D eigenvalue weighted by atomic mass is 9.95. The van der Waals surface area contributed by atoms with Gasteiger partial charge in [-0.25, -0.2) is 4.79 Å². The van der Waals surface area contributed by atoms with E-state index < -0.39 is 11.6 Å². The molecular formula is C23H28O3. The summed E-state index contributed by atoms with van der Waals surface area (Å²) in [5.74, 6) is -0.537. The summed E-state index contributed by atoms with van der Waals surface area (Å²) in [4.78, 5) is 11.7. The molecule has 0 aliphatic rings. The second-order valence-electron chi connectivity index (χ2n) is 6.59. The van der Waals surface area contributed by atoms with Crippen LogP contribution in [0.3, 0.4) is 0 Å². The molecule has 0 fully saturated rings. The smallest absolute Gasteiger partial charge is 0.337 e. The van der Waals surface area contributed by atoms with Gasteiger partial charge in [0.2, 0.25) is 0 Å². The third-order valence-electron chi connectivity index (χ3n) is 4.35. The largest absolute Gasteiger partial charge is 0.464 e. The average Bonchev–Trinajstić information content (AvgIpc) is 2.66. The van der Waals surface area contributed by atoms with Crippen LogP contribution in [-0.4, -0.2) is 23.3 Å². The molecule has 2 aromatic rings. The van der Waals surface area contributed by atoms with Crippen LogP contribution in [0.4, 0.5) is 0 Å². The highest BCUT2D eigenvalue weighted by Crippen LogP contribution is 2.25. The van der Waals surface area contributed by atoms with Crippen molar-refractivity contribution in [2.45, 2.75) is 45.1 Å². The van der Waals surface area contributed by atoms with E-state index in [1.54, 1.807) is 6.92 Å². The molecule has 0 spiro atoms. The maximum absolute atomic E-state index is 11.7. The highest BCUT2D eigenvalue weighted by molar-refractivity contribution is 5.79. The Hall–Kier alpha value is -2.39. The van der Waals surface area contributed by atoms with Crippen molar-refractivity contribution in [2.24, 2.45) is 0 Å². The monoisotopic (exact) mass is 352 g/mol. The third kappa shape index (κ3) is 5.85. The molecule has 1 atom stereocenters. The zero-order valence-electron chi connectivity index (χ0n) is 15.7. The van der Waals surface area contributed by atoms with Crippen LogP contribution in [-0.2, 0) is 9.53 Å². The zero-order chi connectivity index (χ0) is 18.8. The number of carbonyl (C=O) groups is 1. The van der Waals surface area contributed by atoms with Crippen molar-refractivity contribution in [1.82, 2.24) is 0 Å². The van der Waals surface area contributed by atoms with E-state index in [1.165, 1.54) is 23.6 Å². The molecule has 0 heterocycles. The Morgan fingerprint density at radius 2 is 1.54 bits per heavy atom. The summed E-state index contributed by atoms with van der Waals surface area (Å²) in [6.07, 6.45) is 5.20. The van der Waals surface area contributed by atoms with E-state index in [4.69, 9.17) is 4.74 Å². The Kier molecular flexibility index (Phi) is 7.61. The standard InChI is InChI=1S/C23H28O3/c1-3-26-22(24)23(2,25)18-12-6-11-17-21(19-13-7-4-8-14-19)20-15-9-5-10-16-20/h4-5,7-10,13-17,25H,3,6,11-12,18H2,1-2H3. The van der Waals surface area contributed by atoms with Crippen LogP contribution in [0.1, 0.15) is 50.7 Å². The van der Waals surface area contributed by atoms with Gasteiger partial charge in [0.25, 0.3) is 0 Å². The van der Waals surface area contributed by atoms with Crippen LogP contribution in [0.5, 0.6) is 0 Å². The number of esters is 1. The molecule has 1 N–H and O–H groups in total. The highest BCUT2D eigenvalue weighted by atomic mass is 16.5. The summed E-state index contributed by atoms with van der Waals surface area (Å²) >= 11 is 0. The Bertz CT molecular complexity index is 661. The van der Waals surface area contributed by atoms with Gasteiger partial charge < -0.3 is 9.84 Å². The fraction of sp³-hybridized carbons (Fsp3) is 0.348. The minimum Gasteiger partial charge on any atom is -0.464 e. The van der Waals surface area contributed by atoms with Crippen LogP contribution in [0.15, 0.2) is 66.7 Å². The number of carbonyl (C=O) groups excluding carboxylic acids is 1. The molecule has 3 nitrogen and oxygen atoms in total. The molecule has 1 unspecified atom stereocenters. The summed E-state index contributed by atoms with van der Waals surface area (Å²) in [6.45, 7) is 3.56. The van der Waals surface area contributed by atoms with Crippen molar-refractivity contribution in [1.29, 1.82) is 0 Å². The van der Waals surface area contributed by atoms with E-state index in [-0.39, 0.29) is 6.61 Å². The predicted molar refractivity (Wildman–Crippen MR) is 106 cm³/mol. The first-order chi connectivity index (χ1) is 12.5. The predicted octanol–water partition coefficient (Wildman–Crippen LogP) is 4.99. The first kappa shape index (κ1) is 19.9. The Morgan fingerprint density at radius 3 is 2.04 bits per heavy atom. The number of ether oxygens (including phenoxy) is 1. The van der Waals surface area contributed by atoms with E-state index in [9.17, 15) is 9.90 Å². The van der Waals surface area contributed by atoms with Crippen molar-refractivity contribution < 1.29 is 14.6 Å². The molecule has 0 aliphatic carbocycles. The second kappa shape index (κ2) is 9.93. The number of aliphatic hydroxyl groups is 1. The summed E-state index contributed by atoms with van der Waals surface area (Å²) < 4.78 is 4.92. The maximum atomic E-state index is 11.7. The molecule has 0 bridgehead atoms. The molecular weight excluding hydrogens is 324 g/mol. The molecule has 3 heteroatoms. The van der Waals surface area contributed by atoms with Gasteiger partial charge in [0.05, 0.1) is 6.61 Å². The quantitative estimate of drug-likeness (QED) is 0.511. The van der Waals surface area contributed by atoms with Gasteiger partial charge in [-0.15, -0.1) is 0 Å². The number of rotatable bonds is 9. The van der Waals surface area contributed by atoms with E-state index in [1.807, 2.05) is 36.4 Å². The first-order valence-electron chi connectivity index (χ1n) is 9.25. The van der Waals surface area contributed by atoms with Gasteiger partial charge in [0, 0.05) is 0 Å². The minimum atomic E-state index is -1.40.